The highest BCUT2D eigenvalue weighted by molar-refractivity contribution is 6.30. The van der Waals surface area contributed by atoms with Crippen LogP contribution in [0.4, 0.5) is 5.69 Å². The molecule has 0 bridgehead atoms. The molecule has 0 spiro atoms. The van der Waals surface area contributed by atoms with E-state index < -0.39 is 11.7 Å². The molecule has 2 aliphatic rings. The van der Waals surface area contributed by atoms with E-state index in [1.54, 1.807) is 30.3 Å². The number of H-pyrrole nitrogens is 2. The van der Waals surface area contributed by atoms with Crippen LogP contribution in [0.3, 0.4) is 0 Å². The average molecular weight is 591 g/mol. The summed E-state index contributed by atoms with van der Waals surface area (Å²) in [5.41, 5.74) is 2.84. The number of carbonyl (C=O) groups is 2. The van der Waals surface area contributed by atoms with Gasteiger partial charge in [0, 0.05) is 23.8 Å². The number of aliphatic hydroxyl groups is 1. The maximum absolute atomic E-state index is 13.3. The zero-order valence-electron chi connectivity index (χ0n) is 23.2. The predicted octanol–water partition coefficient (Wildman–Crippen LogP) is 3.42. The van der Waals surface area contributed by atoms with Gasteiger partial charge in [-0.1, -0.05) is 17.7 Å². The van der Waals surface area contributed by atoms with Crippen LogP contribution in [-0.4, -0.2) is 87.1 Å². The molecule has 2 aromatic heterocycles. The minimum Gasteiger partial charge on any atom is -0.490 e. The van der Waals surface area contributed by atoms with Crippen molar-refractivity contribution in [2.45, 2.75) is 31.9 Å². The lowest BCUT2D eigenvalue weighted by Crippen LogP contribution is -2.46. The number of nitrogens with one attached hydrogen (secondary N) is 3. The molecule has 2 aromatic carbocycles. The van der Waals surface area contributed by atoms with Gasteiger partial charge < -0.3 is 30.0 Å². The Bertz CT molecular complexity index is 1690. The largest absolute Gasteiger partial charge is 0.490 e. The summed E-state index contributed by atoms with van der Waals surface area (Å²) in [5.74, 6) is 0.246. The molecular formula is C30H31ClN6O5. The molecule has 1 fully saturated rings. The molecule has 6 rings (SSSR count). The van der Waals surface area contributed by atoms with Crippen LogP contribution in [0.5, 0.6) is 5.75 Å². The van der Waals surface area contributed by atoms with Crippen molar-refractivity contribution in [3.63, 3.8) is 0 Å². The number of piperidine rings is 1. The summed E-state index contributed by atoms with van der Waals surface area (Å²) in [6.45, 7) is 3.66. The number of aromatic nitrogens is 3. The van der Waals surface area contributed by atoms with E-state index in [1.807, 2.05) is 20.0 Å². The number of benzene rings is 2. The fourth-order valence-corrected chi connectivity index (χ4v) is 5.69. The summed E-state index contributed by atoms with van der Waals surface area (Å²) < 4.78 is 5.73. The van der Waals surface area contributed by atoms with Gasteiger partial charge in [-0.2, -0.15) is 0 Å². The zero-order chi connectivity index (χ0) is 29.5. The Balaban J connectivity index is 1.21. The second-order valence-electron chi connectivity index (χ2n) is 10.9. The lowest BCUT2D eigenvalue weighted by atomic mass is 10.0. The van der Waals surface area contributed by atoms with Crippen molar-refractivity contribution in [1.82, 2.24) is 24.8 Å². The third-order valence-electron chi connectivity index (χ3n) is 7.88. The van der Waals surface area contributed by atoms with E-state index in [-0.39, 0.29) is 42.4 Å². The van der Waals surface area contributed by atoms with Crippen molar-refractivity contribution in [3.8, 4) is 17.1 Å². The van der Waals surface area contributed by atoms with E-state index in [0.29, 0.717) is 38.6 Å². The number of likely N-dealkylation sites (tertiary alicyclic amines) is 1. The van der Waals surface area contributed by atoms with Crippen LogP contribution in [0.2, 0.25) is 5.02 Å². The number of carbonyl (C=O) groups excluding carboxylic acids is 2. The van der Waals surface area contributed by atoms with E-state index in [0.717, 1.165) is 31.5 Å². The molecule has 4 heterocycles. The number of nitrogens with zero attached hydrogens (tertiary/aromatic N) is 3. The fraction of sp³-hybridized carbons (Fsp3) is 0.333. The lowest BCUT2D eigenvalue weighted by molar-refractivity contribution is 0.0516. The van der Waals surface area contributed by atoms with Gasteiger partial charge in [-0.3, -0.25) is 19.3 Å². The quantitative estimate of drug-likeness (QED) is 0.229. The number of amides is 2. The van der Waals surface area contributed by atoms with Crippen molar-refractivity contribution in [2.75, 3.05) is 38.6 Å². The van der Waals surface area contributed by atoms with Crippen LogP contribution in [0, 0.1) is 6.92 Å². The molecule has 11 nitrogen and oxygen atoms in total. The smallest absolute Gasteiger partial charge is 0.261 e. The molecule has 1 saturated heterocycles. The molecule has 4 N–H and O–H groups in total. The van der Waals surface area contributed by atoms with E-state index in [2.05, 4.69) is 25.2 Å². The Labute approximate surface area is 246 Å². The standard InChI is InChI=1S/C30H31ClN6O5/c1-16-3-4-17(31)11-25(16)42-15-19(38)14-33-22-5-8-32-28(39)26(22)27-34-23-12-20-21(13-24(23)35-27)30(41)37(29(20)40)18-6-9-36(2)10-7-18/h3-5,8,11-13,18-19,38H,6-7,9-10,14-15H2,1-2H3,(H,34,35)(H2,32,33,39)/t19-/m1/s1. The minimum absolute atomic E-state index is 0.0134. The summed E-state index contributed by atoms with van der Waals surface area (Å²) in [4.78, 5) is 53.5. The minimum atomic E-state index is -0.890. The van der Waals surface area contributed by atoms with Gasteiger partial charge in [-0.15, -0.1) is 0 Å². The number of ether oxygens (including phenoxy) is 1. The first kappa shape index (κ1) is 28.0. The van der Waals surface area contributed by atoms with Crippen molar-refractivity contribution in [1.29, 1.82) is 0 Å². The number of pyridine rings is 1. The van der Waals surface area contributed by atoms with Crippen LogP contribution >= 0.6 is 11.6 Å². The maximum Gasteiger partial charge on any atom is 0.261 e. The zero-order valence-corrected chi connectivity index (χ0v) is 24.0. The fourth-order valence-electron chi connectivity index (χ4n) is 5.53. The molecule has 0 saturated carbocycles. The number of aromatic amines is 2. The first-order valence-electron chi connectivity index (χ1n) is 13.8. The highest BCUT2D eigenvalue weighted by Gasteiger charge is 2.41. The van der Waals surface area contributed by atoms with Gasteiger partial charge in [0.15, 0.2) is 0 Å². The van der Waals surface area contributed by atoms with E-state index in [1.165, 1.54) is 11.1 Å². The van der Waals surface area contributed by atoms with Gasteiger partial charge in [0.05, 0.1) is 27.8 Å². The maximum atomic E-state index is 13.3. The third-order valence-corrected chi connectivity index (χ3v) is 8.12. The number of imidazole rings is 1. The van der Waals surface area contributed by atoms with Crippen molar-refractivity contribution >= 4 is 40.1 Å². The number of fused-ring (bicyclic) bond motifs is 2. The Kier molecular flexibility index (Phi) is 7.48. The number of imide groups is 1. The number of hydrogen-bond donors (Lipinski definition) is 4. The molecule has 42 heavy (non-hydrogen) atoms. The Morgan fingerprint density at radius 1 is 1.12 bits per heavy atom. The highest BCUT2D eigenvalue weighted by atomic mass is 35.5. The second kappa shape index (κ2) is 11.2. The average Bonchev–Trinajstić information content (AvgIpc) is 3.49. The molecule has 2 aliphatic heterocycles. The van der Waals surface area contributed by atoms with Gasteiger partial charge in [-0.05, 0) is 75.8 Å². The molecule has 4 aromatic rings. The molecule has 1 atom stereocenters. The highest BCUT2D eigenvalue weighted by Crippen LogP contribution is 2.32. The first-order chi connectivity index (χ1) is 20.2. The summed E-state index contributed by atoms with van der Waals surface area (Å²) in [7, 11) is 2.03. The van der Waals surface area contributed by atoms with Gasteiger partial charge in [-0.25, -0.2) is 4.98 Å². The molecule has 0 unspecified atom stereocenters. The summed E-state index contributed by atoms with van der Waals surface area (Å²) in [6, 6.07) is 10.1. The molecule has 0 aliphatic carbocycles. The monoisotopic (exact) mass is 590 g/mol. The summed E-state index contributed by atoms with van der Waals surface area (Å²) in [6.07, 6.45) is 2.10. The van der Waals surface area contributed by atoms with Gasteiger partial charge in [0.25, 0.3) is 17.4 Å². The van der Waals surface area contributed by atoms with Crippen LogP contribution in [-0.2, 0) is 0 Å². The topological polar surface area (TPSA) is 144 Å². The molecule has 0 radical (unpaired) electrons. The van der Waals surface area contributed by atoms with Gasteiger partial charge in [0.2, 0.25) is 0 Å². The Hall–Kier alpha value is -4.19. The molecule has 12 heteroatoms. The normalized spacial score (nSPS) is 16.7. The van der Waals surface area contributed by atoms with Crippen molar-refractivity contribution < 1.29 is 19.4 Å². The van der Waals surface area contributed by atoms with Gasteiger partial charge >= 0.3 is 0 Å². The number of rotatable bonds is 8. The van der Waals surface area contributed by atoms with E-state index in [9.17, 15) is 19.5 Å². The molecular weight excluding hydrogens is 560 g/mol. The summed E-state index contributed by atoms with van der Waals surface area (Å²) in [5, 5.41) is 14.2. The predicted molar refractivity (Wildman–Crippen MR) is 159 cm³/mol. The van der Waals surface area contributed by atoms with Crippen LogP contribution in [0.25, 0.3) is 22.4 Å². The molecule has 2 amide bonds. The van der Waals surface area contributed by atoms with Crippen molar-refractivity contribution in [3.05, 3.63) is 74.7 Å². The second-order valence-corrected chi connectivity index (χ2v) is 11.3. The lowest BCUT2D eigenvalue weighted by Gasteiger charge is -2.33. The van der Waals surface area contributed by atoms with Gasteiger partial charge in [0.1, 0.15) is 29.8 Å². The number of halogens is 1. The number of hydrogen-bond acceptors (Lipinski definition) is 8. The number of aliphatic hydroxyl groups excluding tert-OH is 1. The van der Waals surface area contributed by atoms with Crippen LogP contribution < -0.4 is 15.6 Å². The van der Waals surface area contributed by atoms with Crippen LogP contribution in [0.15, 0.2) is 47.4 Å². The van der Waals surface area contributed by atoms with E-state index >= 15 is 0 Å². The van der Waals surface area contributed by atoms with Crippen molar-refractivity contribution in [2.24, 2.45) is 0 Å². The first-order valence-corrected chi connectivity index (χ1v) is 14.2. The number of aryl methyl sites for hydroxylation is 1. The third kappa shape index (κ3) is 5.26. The summed E-state index contributed by atoms with van der Waals surface area (Å²) >= 11 is 6.05. The Morgan fingerprint density at radius 3 is 2.62 bits per heavy atom. The van der Waals surface area contributed by atoms with E-state index in [4.69, 9.17) is 16.3 Å². The van der Waals surface area contributed by atoms with Crippen LogP contribution in [0.1, 0.15) is 39.1 Å². The SMILES string of the molecule is Cc1ccc(Cl)cc1OC[C@H](O)CNc1cc[nH]c(=O)c1-c1nc2cc3c(cc2[nH]1)C(=O)N(C1CCN(C)CC1)C3=O. The molecule has 218 valence electrons. The Morgan fingerprint density at radius 2 is 1.86 bits per heavy atom. The number of anilines is 1.